The summed E-state index contributed by atoms with van der Waals surface area (Å²) in [5.74, 6) is 1.43. The zero-order valence-corrected chi connectivity index (χ0v) is 8.03. The first-order chi connectivity index (χ1) is 6.83. The van der Waals surface area contributed by atoms with Crippen molar-refractivity contribution in [3.05, 3.63) is 35.9 Å². The van der Waals surface area contributed by atoms with Crippen LogP contribution in [0.3, 0.4) is 0 Å². The Morgan fingerprint density at radius 2 is 2.21 bits per heavy atom. The van der Waals surface area contributed by atoms with E-state index in [-0.39, 0.29) is 0 Å². The molecule has 1 heterocycles. The maximum absolute atomic E-state index is 5.79. The maximum Gasteiger partial charge on any atom is 0.127 e. The summed E-state index contributed by atoms with van der Waals surface area (Å²) in [5, 5.41) is 0. The van der Waals surface area contributed by atoms with Crippen LogP contribution in [0.1, 0.15) is 5.56 Å². The highest BCUT2D eigenvalue weighted by Gasteiger charge is 2.14. The number of ether oxygens (including phenoxy) is 1. The Hall–Kier alpha value is -1.77. The molecule has 0 atom stereocenters. The molecule has 14 heavy (non-hydrogen) atoms. The minimum atomic E-state index is 0.556. The van der Waals surface area contributed by atoms with Gasteiger partial charge in [-0.3, -0.25) is 4.99 Å². The summed E-state index contributed by atoms with van der Waals surface area (Å²) in [6, 6.07) is 7.83. The topological polar surface area (TPSA) is 47.6 Å². The summed E-state index contributed by atoms with van der Waals surface area (Å²) in [7, 11) is 1.69. The fraction of sp³-hybridized carbons (Fsp3) is 0.182. The molecule has 0 aliphatic carbocycles. The highest BCUT2D eigenvalue weighted by atomic mass is 16.5. The third-order valence-corrected chi connectivity index (χ3v) is 2.22. The molecule has 0 saturated carbocycles. The van der Waals surface area contributed by atoms with Crippen LogP contribution < -0.4 is 10.5 Å². The van der Waals surface area contributed by atoms with Crippen LogP contribution in [0.15, 0.2) is 35.3 Å². The van der Waals surface area contributed by atoms with E-state index in [0.717, 1.165) is 16.9 Å². The van der Waals surface area contributed by atoms with Crippen molar-refractivity contribution in [2.24, 2.45) is 10.7 Å². The molecule has 0 fully saturated rings. The smallest absolute Gasteiger partial charge is 0.127 e. The minimum absolute atomic E-state index is 0.556. The van der Waals surface area contributed by atoms with Crippen molar-refractivity contribution in [2.45, 2.75) is 0 Å². The normalized spacial score (nSPS) is 15.5. The predicted molar refractivity (Wildman–Crippen MR) is 57.5 cm³/mol. The Labute approximate surface area is 82.9 Å². The zero-order chi connectivity index (χ0) is 9.97. The van der Waals surface area contributed by atoms with Crippen LogP contribution in [-0.2, 0) is 0 Å². The van der Waals surface area contributed by atoms with Gasteiger partial charge >= 0.3 is 0 Å². The van der Waals surface area contributed by atoms with Gasteiger partial charge < -0.3 is 10.5 Å². The molecular weight excluding hydrogens is 176 g/mol. The van der Waals surface area contributed by atoms with Crippen molar-refractivity contribution in [1.29, 1.82) is 0 Å². The monoisotopic (exact) mass is 188 g/mol. The minimum Gasteiger partial charge on any atom is -0.489 e. The molecule has 72 valence electrons. The quantitative estimate of drug-likeness (QED) is 0.535. The summed E-state index contributed by atoms with van der Waals surface area (Å²) < 4.78 is 5.46. The SMILES string of the molecule is CN=C(N)C1=CCOc2ccccc21. The fourth-order valence-corrected chi connectivity index (χ4v) is 1.50. The number of amidine groups is 1. The first-order valence-corrected chi connectivity index (χ1v) is 4.48. The maximum atomic E-state index is 5.79. The third-order valence-electron chi connectivity index (χ3n) is 2.22. The van der Waals surface area contributed by atoms with Crippen LogP contribution in [0.5, 0.6) is 5.75 Å². The lowest BCUT2D eigenvalue weighted by molar-refractivity contribution is 0.358. The second-order valence-corrected chi connectivity index (χ2v) is 3.03. The lowest BCUT2D eigenvalue weighted by Gasteiger charge is -2.17. The van der Waals surface area contributed by atoms with Crippen LogP contribution >= 0.6 is 0 Å². The van der Waals surface area contributed by atoms with Gasteiger partial charge in [-0.15, -0.1) is 0 Å². The van der Waals surface area contributed by atoms with Crippen molar-refractivity contribution in [3.63, 3.8) is 0 Å². The highest BCUT2D eigenvalue weighted by molar-refractivity contribution is 6.22. The van der Waals surface area contributed by atoms with Crippen molar-refractivity contribution in [2.75, 3.05) is 13.7 Å². The van der Waals surface area contributed by atoms with Crippen LogP contribution in [-0.4, -0.2) is 19.5 Å². The molecule has 0 aromatic heterocycles. The molecule has 1 aliphatic heterocycles. The van der Waals surface area contributed by atoms with Crippen molar-refractivity contribution in [1.82, 2.24) is 0 Å². The molecular formula is C11H12N2O. The standard InChI is InChI=1S/C11H12N2O/c1-13-11(12)9-6-7-14-10-5-3-2-4-8(9)10/h2-6H,7H2,1H3,(H2,12,13). The average Bonchev–Trinajstić information content (AvgIpc) is 2.27. The first kappa shape index (κ1) is 8.81. The van der Waals surface area contributed by atoms with E-state index in [1.807, 2.05) is 30.3 Å². The lowest BCUT2D eigenvalue weighted by atomic mass is 10.0. The van der Waals surface area contributed by atoms with Gasteiger partial charge in [0.15, 0.2) is 0 Å². The zero-order valence-electron chi connectivity index (χ0n) is 8.03. The predicted octanol–water partition coefficient (Wildman–Crippen LogP) is 1.45. The molecule has 0 amide bonds. The van der Waals surface area contributed by atoms with E-state index in [9.17, 15) is 0 Å². The van der Waals surface area contributed by atoms with Crippen LogP contribution in [0, 0.1) is 0 Å². The number of para-hydroxylation sites is 1. The molecule has 0 bridgehead atoms. The summed E-state index contributed by atoms with van der Waals surface area (Å²) in [4.78, 5) is 3.98. The van der Waals surface area contributed by atoms with Gasteiger partial charge in [-0.25, -0.2) is 0 Å². The van der Waals surface area contributed by atoms with E-state index >= 15 is 0 Å². The van der Waals surface area contributed by atoms with Crippen molar-refractivity contribution >= 4 is 11.4 Å². The number of aliphatic imine (C=N–C) groups is 1. The Balaban J connectivity index is 2.50. The van der Waals surface area contributed by atoms with Gasteiger partial charge in [0.05, 0.1) is 0 Å². The van der Waals surface area contributed by atoms with Gasteiger partial charge in [-0.1, -0.05) is 18.2 Å². The largest absolute Gasteiger partial charge is 0.489 e. The third kappa shape index (κ3) is 1.37. The number of nitrogens with zero attached hydrogens (tertiary/aromatic N) is 1. The molecule has 0 saturated heterocycles. The molecule has 2 N–H and O–H groups in total. The van der Waals surface area contributed by atoms with E-state index in [1.54, 1.807) is 7.05 Å². The number of hydrogen-bond donors (Lipinski definition) is 1. The molecule has 1 aliphatic rings. The van der Waals surface area contributed by atoms with Crippen LogP contribution in [0.2, 0.25) is 0 Å². The van der Waals surface area contributed by atoms with Crippen LogP contribution in [0.25, 0.3) is 5.57 Å². The summed E-state index contributed by atoms with van der Waals surface area (Å²) >= 11 is 0. The Morgan fingerprint density at radius 3 is 3.00 bits per heavy atom. The number of benzene rings is 1. The highest BCUT2D eigenvalue weighted by Crippen LogP contribution is 2.29. The van der Waals surface area contributed by atoms with Gasteiger partial charge in [0.2, 0.25) is 0 Å². The Kier molecular flexibility index (Phi) is 2.23. The van der Waals surface area contributed by atoms with Crippen molar-refractivity contribution in [3.8, 4) is 5.75 Å². The molecule has 0 spiro atoms. The average molecular weight is 188 g/mol. The number of rotatable bonds is 1. The van der Waals surface area contributed by atoms with Gasteiger partial charge in [0.25, 0.3) is 0 Å². The van der Waals surface area contributed by atoms with Gasteiger partial charge in [-0.05, 0) is 12.1 Å². The first-order valence-electron chi connectivity index (χ1n) is 4.48. The van der Waals surface area contributed by atoms with E-state index in [0.29, 0.717) is 12.4 Å². The van der Waals surface area contributed by atoms with E-state index < -0.39 is 0 Å². The Morgan fingerprint density at radius 1 is 1.43 bits per heavy atom. The van der Waals surface area contributed by atoms with Crippen molar-refractivity contribution < 1.29 is 4.74 Å². The number of fused-ring (bicyclic) bond motifs is 1. The molecule has 0 unspecified atom stereocenters. The number of hydrogen-bond acceptors (Lipinski definition) is 2. The summed E-state index contributed by atoms with van der Waals surface area (Å²) in [5.41, 5.74) is 7.77. The number of nitrogens with two attached hydrogens (primary N) is 1. The van der Waals surface area contributed by atoms with E-state index in [2.05, 4.69) is 4.99 Å². The molecule has 3 heteroatoms. The van der Waals surface area contributed by atoms with E-state index in [1.165, 1.54) is 0 Å². The molecule has 1 aromatic carbocycles. The van der Waals surface area contributed by atoms with Gasteiger partial charge in [0.1, 0.15) is 18.2 Å². The molecule has 3 nitrogen and oxygen atoms in total. The molecule has 1 aromatic rings. The van der Waals surface area contributed by atoms with Gasteiger partial charge in [-0.2, -0.15) is 0 Å². The molecule has 0 radical (unpaired) electrons. The lowest BCUT2D eigenvalue weighted by Crippen LogP contribution is -2.18. The fourth-order valence-electron chi connectivity index (χ4n) is 1.50. The second kappa shape index (κ2) is 3.54. The summed E-state index contributed by atoms with van der Waals surface area (Å²) in [6.07, 6.45) is 1.95. The van der Waals surface area contributed by atoms with Crippen LogP contribution in [0.4, 0.5) is 0 Å². The van der Waals surface area contributed by atoms with Gasteiger partial charge in [0, 0.05) is 18.2 Å². The second-order valence-electron chi connectivity index (χ2n) is 3.03. The summed E-state index contributed by atoms with van der Waals surface area (Å²) in [6.45, 7) is 0.558. The van der Waals surface area contributed by atoms with E-state index in [4.69, 9.17) is 10.5 Å². The Bertz CT molecular complexity index is 408. The molecule has 2 rings (SSSR count).